The van der Waals surface area contributed by atoms with Gasteiger partial charge in [0.2, 0.25) is 5.91 Å². The maximum Gasteiger partial charge on any atom is 0.242 e. The van der Waals surface area contributed by atoms with Crippen LogP contribution in [0.25, 0.3) is 0 Å². The lowest BCUT2D eigenvalue weighted by Crippen LogP contribution is -2.47. The Morgan fingerprint density at radius 3 is 2.36 bits per heavy atom. The molecule has 1 saturated heterocycles. The highest BCUT2D eigenvalue weighted by Gasteiger charge is 2.33. The number of halogens is 2. The van der Waals surface area contributed by atoms with Gasteiger partial charge in [0.25, 0.3) is 0 Å². The number of nitrogens with zero attached hydrogens (tertiary/aromatic N) is 1. The van der Waals surface area contributed by atoms with E-state index in [1.165, 1.54) is 12.1 Å². The van der Waals surface area contributed by atoms with Gasteiger partial charge in [0.15, 0.2) is 9.84 Å². The number of benzene rings is 2. The van der Waals surface area contributed by atoms with Crippen LogP contribution in [0.4, 0.5) is 4.39 Å². The Bertz CT molecular complexity index is 939. The van der Waals surface area contributed by atoms with Crippen LogP contribution in [0.15, 0.2) is 48.5 Å². The standard InChI is InChI=1S/C20H22ClFN2O3S/c1-14(16-7-8-18(22)17(21)13-16)23-20(25)19(15-5-3-2-4-6-15)24-9-11-28(26,27)12-10-24/h2-8,13-14,19H,9-12H2,1H3,(H,23,25). The maximum atomic E-state index is 13.4. The van der Waals surface area contributed by atoms with Crippen LogP contribution in [-0.2, 0) is 14.6 Å². The van der Waals surface area contributed by atoms with Crippen molar-refractivity contribution in [3.63, 3.8) is 0 Å². The second-order valence-corrected chi connectivity index (χ2v) is 9.62. The molecule has 0 saturated carbocycles. The number of carbonyl (C=O) groups excluding carboxylic acids is 1. The lowest BCUT2D eigenvalue weighted by Gasteiger charge is -2.34. The van der Waals surface area contributed by atoms with Crippen LogP contribution in [-0.4, -0.2) is 43.8 Å². The highest BCUT2D eigenvalue weighted by molar-refractivity contribution is 7.91. The van der Waals surface area contributed by atoms with Gasteiger partial charge in [0.05, 0.1) is 22.6 Å². The van der Waals surface area contributed by atoms with E-state index in [9.17, 15) is 17.6 Å². The van der Waals surface area contributed by atoms with Crippen molar-refractivity contribution in [2.45, 2.75) is 19.0 Å². The number of rotatable bonds is 5. The zero-order valence-electron chi connectivity index (χ0n) is 15.4. The smallest absolute Gasteiger partial charge is 0.242 e. The number of hydrogen-bond donors (Lipinski definition) is 1. The molecular formula is C20H22ClFN2O3S. The minimum Gasteiger partial charge on any atom is -0.348 e. The van der Waals surface area contributed by atoms with E-state index < -0.39 is 21.7 Å². The van der Waals surface area contributed by atoms with Crippen molar-refractivity contribution in [2.24, 2.45) is 0 Å². The van der Waals surface area contributed by atoms with Crippen molar-refractivity contribution in [3.05, 3.63) is 70.5 Å². The third-order valence-electron chi connectivity index (χ3n) is 4.91. The Morgan fingerprint density at radius 1 is 1.11 bits per heavy atom. The van der Waals surface area contributed by atoms with Crippen LogP contribution in [0, 0.1) is 5.82 Å². The molecule has 1 heterocycles. The first-order valence-corrected chi connectivity index (χ1v) is 11.2. The third kappa shape index (κ3) is 4.90. The minimum atomic E-state index is -3.06. The molecule has 0 spiro atoms. The molecule has 0 bridgehead atoms. The largest absolute Gasteiger partial charge is 0.348 e. The molecule has 2 atom stereocenters. The summed E-state index contributed by atoms with van der Waals surface area (Å²) in [4.78, 5) is 15.0. The number of amides is 1. The summed E-state index contributed by atoms with van der Waals surface area (Å²) in [5, 5.41) is 2.95. The normalized spacial score (nSPS) is 19.0. The third-order valence-corrected chi connectivity index (χ3v) is 6.81. The summed E-state index contributed by atoms with van der Waals surface area (Å²) in [6.45, 7) is 2.39. The lowest BCUT2D eigenvalue weighted by atomic mass is 10.0. The van der Waals surface area contributed by atoms with E-state index in [2.05, 4.69) is 5.32 Å². The molecule has 1 aliphatic rings. The summed E-state index contributed by atoms with van der Waals surface area (Å²) < 4.78 is 37.0. The first kappa shape index (κ1) is 20.8. The highest BCUT2D eigenvalue weighted by atomic mass is 35.5. The van der Waals surface area contributed by atoms with Gasteiger partial charge in [-0.15, -0.1) is 0 Å². The molecule has 0 radical (unpaired) electrons. The zero-order chi connectivity index (χ0) is 20.3. The molecule has 1 fully saturated rings. The molecule has 5 nitrogen and oxygen atoms in total. The molecule has 1 amide bonds. The summed E-state index contributed by atoms with van der Waals surface area (Å²) in [5.41, 5.74) is 1.48. The summed E-state index contributed by atoms with van der Waals surface area (Å²) in [5.74, 6) is -0.682. The number of sulfone groups is 1. The van der Waals surface area contributed by atoms with Gasteiger partial charge >= 0.3 is 0 Å². The van der Waals surface area contributed by atoms with Crippen LogP contribution < -0.4 is 5.32 Å². The van der Waals surface area contributed by atoms with Crippen molar-refractivity contribution < 1.29 is 17.6 Å². The topological polar surface area (TPSA) is 66.5 Å². The summed E-state index contributed by atoms with van der Waals surface area (Å²) >= 11 is 5.85. The predicted molar refractivity (Wildman–Crippen MR) is 107 cm³/mol. The summed E-state index contributed by atoms with van der Waals surface area (Å²) in [6, 6.07) is 12.6. The SMILES string of the molecule is CC(NC(=O)C(c1ccccc1)N1CCS(=O)(=O)CC1)c1ccc(F)c(Cl)c1. The Balaban J connectivity index is 1.81. The monoisotopic (exact) mass is 424 g/mol. The molecule has 2 unspecified atom stereocenters. The van der Waals surface area contributed by atoms with Gasteiger partial charge < -0.3 is 5.32 Å². The van der Waals surface area contributed by atoms with E-state index in [-0.39, 0.29) is 28.5 Å². The molecule has 1 N–H and O–H groups in total. The van der Waals surface area contributed by atoms with E-state index in [0.29, 0.717) is 18.7 Å². The number of nitrogens with one attached hydrogen (secondary N) is 1. The van der Waals surface area contributed by atoms with Gasteiger partial charge in [0.1, 0.15) is 11.9 Å². The lowest BCUT2D eigenvalue weighted by molar-refractivity contribution is -0.127. The fourth-order valence-electron chi connectivity index (χ4n) is 3.31. The van der Waals surface area contributed by atoms with Crippen molar-refractivity contribution in [1.82, 2.24) is 10.2 Å². The maximum absolute atomic E-state index is 13.4. The van der Waals surface area contributed by atoms with Gasteiger partial charge in [-0.1, -0.05) is 48.0 Å². The Kier molecular flexibility index (Phi) is 6.37. The van der Waals surface area contributed by atoms with Gasteiger partial charge in [0, 0.05) is 13.1 Å². The average Bonchev–Trinajstić information content (AvgIpc) is 2.66. The van der Waals surface area contributed by atoms with Gasteiger partial charge in [-0.3, -0.25) is 9.69 Å². The van der Waals surface area contributed by atoms with Gasteiger partial charge in [-0.05, 0) is 30.2 Å². The molecule has 8 heteroatoms. The summed E-state index contributed by atoms with van der Waals surface area (Å²) in [6.07, 6.45) is 0. The van der Waals surface area contributed by atoms with Crippen LogP contribution in [0.3, 0.4) is 0 Å². The van der Waals surface area contributed by atoms with E-state index >= 15 is 0 Å². The van der Waals surface area contributed by atoms with E-state index in [1.54, 1.807) is 13.0 Å². The molecule has 2 aromatic carbocycles. The Hall–Kier alpha value is -1.96. The molecule has 0 aliphatic carbocycles. The van der Waals surface area contributed by atoms with Crippen LogP contribution >= 0.6 is 11.6 Å². The Morgan fingerprint density at radius 2 is 1.75 bits per heavy atom. The van der Waals surface area contributed by atoms with Crippen LogP contribution in [0.1, 0.15) is 30.1 Å². The van der Waals surface area contributed by atoms with Crippen molar-refractivity contribution >= 4 is 27.3 Å². The van der Waals surface area contributed by atoms with Crippen molar-refractivity contribution in [3.8, 4) is 0 Å². The fourth-order valence-corrected chi connectivity index (χ4v) is 4.72. The molecule has 0 aromatic heterocycles. The molecular weight excluding hydrogens is 403 g/mol. The first-order valence-electron chi connectivity index (χ1n) is 9.01. The van der Waals surface area contributed by atoms with E-state index in [0.717, 1.165) is 5.56 Å². The Labute approximate surface area is 169 Å². The summed E-state index contributed by atoms with van der Waals surface area (Å²) in [7, 11) is -3.06. The second-order valence-electron chi connectivity index (χ2n) is 6.90. The fraction of sp³-hybridized carbons (Fsp3) is 0.350. The minimum absolute atomic E-state index is 0.000513. The zero-order valence-corrected chi connectivity index (χ0v) is 17.0. The molecule has 150 valence electrons. The number of hydrogen-bond acceptors (Lipinski definition) is 4. The first-order chi connectivity index (χ1) is 13.3. The van der Waals surface area contributed by atoms with E-state index in [1.807, 2.05) is 35.2 Å². The second kappa shape index (κ2) is 8.59. The quantitative estimate of drug-likeness (QED) is 0.800. The molecule has 1 aliphatic heterocycles. The van der Waals surface area contributed by atoms with Crippen LogP contribution in [0.2, 0.25) is 5.02 Å². The van der Waals surface area contributed by atoms with Crippen molar-refractivity contribution in [1.29, 1.82) is 0 Å². The predicted octanol–water partition coefficient (Wildman–Crippen LogP) is 3.13. The van der Waals surface area contributed by atoms with E-state index in [4.69, 9.17) is 11.6 Å². The van der Waals surface area contributed by atoms with Crippen molar-refractivity contribution in [2.75, 3.05) is 24.6 Å². The highest BCUT2D eigenvalue weighted by Crippen LogP contribution is 2.26. The van der Waals surface area contributed by atoms with Gasteiger partial charge in [-0.25, -0.2) is 12.8 Å². The molecule has 28 heavy (non-hydrogen) atoms. The molecule has 3 rings (SSSR count). The number of carbonyl (C=O) groups is 1. The average molecular weight is 425 g/mol. The molecule has 2 aromatic rings. The van der Waals surface area contributed by atoms with Gasteiger partial charge in [-0.2, -0.15) is 0 Å². The van der Waals surface area contributed by atoms with Crippen LogP contribution in [0.5, 0.6) is 0 Å².